The molecular formula is C17H13BrCl2N2O2S. The first-order valence-electron chi connectivity index (χ1n) is 7.48. The largest absolute Gasteiger partial charge is 0.378 e. The Hall–Kier alpha value is -1.10. The Morgan fingerprint density at radius 3 is 2.68 bits per heavy atom. The van der Waals surface area contributed by atoms with E-state index in [2.05, 4.69) is 25.7 Å². The number of anilines is 1. The number of ketones is 1. The van der Waals surface area contributed by atoms with Crippen molar-refractivity contribution in [1.82, 2.24) is 0 Å². The number of hydrogen-bond acceptors (Lipinski definition) is 4. The molecule has 0 radical (unpaired) electrons. The minimum atomic E-state index is -0.0737. The molecule has 1 aliphatic rings. The summed E-state index contributed by atoms with van der Waals surface area (Å²) in [5.41, 5.74) is 1.70. The Morgan fingerprint density at radius 1 is 1.36 bits per heavy atom. The molecule has 0 atom stereocenters. The highest BCUT2D eigenvalue weighted by Gasteiger charge is 2.28. The summed E-state index contributed by atoms with van der Waals surface area (Å²) in [4.78, 5) is 18.9. The number of morpholine rings is 1. The van der Waals surface area contributed by atoms with Crippen LogP contribution in [0, 0.1) is 6.57 Å². The van der Waals surface area contributed by atoms with Crippen LogP contribution < -0.4 is 4.90 Å². The maximum atomic E-state index is 12.5. The van der Waals surface area contributed by atoms with Crippen LogP contribution in [0.2, 0.25) is 10.0 Å². The number of ether oxygens (including phenoxy) is 1. The zero-order chi connectivity index (χ0) is 18.0. The van der Waals surface area contributed by atoms with Gasteiger partial charge in [-0.2, -0.15) is 0 Å². The van der Waals surface area contributed by atoms with Gasteiger partial charge in [-0.3, -0.25) is 4.79 Å². The quantitative estimate of drug-likeness (QED) is 0.334. The predicted molar refractivity (Wildman–Crippen MR) is 107 cm³/mol. The van der Waals surface area contributed by atoms with Crippen LogP contribution in [0.25, 0.3) is 16.0 Å². The average Bonchev–Trinajstić information content (AvgIpc) is 3.01. The number of rotatable bonds is 4. The molecule has 1 fully saturated rings. The SMILES string of the molecule is [C-]#[N+]c1c(N2CCOCC2)sc(C(=O)CBr)c1-c1ccc(Cl)cc1Cl. The minimum absolute atomic E-state index is 0.0737. The second-order valence-corrected chi connectivity index (χ2v) is 7.76. The number of carbonyl (C=O) groups excluding carboxylic acids is 1. The molecule has 0 saturated carbocycles. The smallest absolute Gasteiger partial charge is 0.229 e. The van der Waals surface area contributed by atoms with E-state index < -0.39 is 0 Å². The Morgan fingerprint density at radius 2 is 2.08 bits per heavy atom. The fraction of sp³-hybridized carbons (Fsp3) is 0.294. The van der Waals surface area contributed by atoms with Crippen molar-refractivity contribution < 1.29 is 9.53 Å². The molecule has 1 aromatic carbocycles. The topological polar surface area (TPSA) is 33.9 Å². The maximum absolute atomic E-state index is 12.5. The lowest BCUT2D eigenvalue weighted by Crippen LogP contribution is -2.35. The molecule has 25 heavy (non-hydrogen) atoms. The zero-order valence-electron chi connectivity index (χ0n) is 13.0. The molecule has 2 heterocycles. The molecule has 0 bridgehead atoms. The van der Waals surface area contributed by atoms with Crippen molar-refractivity contribution in [2.45, 2.75) is 0 Å². The molecule has 1 aromatic heterocycles. The van der Waals surface area contributed by atoms with E-state index in [9.17, 15) is 4.79 Å². The molecule has 0 unspecified atom stereocenters. The van der Waals surface area contributed by atoms with Gasteiger partial charge in [0, 0.05) is 28.7 Å². The summed E-state index contributed by atoms with van der Waals surface area (Å²) in [5, 5.41) is 1.91. The second-order valence-electron chi connectivity index (χ2n) is 5.35. The normalized spacial score (nSPS) is 14.4. The zero-order valence-corrected chi connectivity index (χ0v) is 16.9. The maximum Gasteiger partial charge on any atom is 0.229 e. The highest BCUT2D eigenvalue weighted by Crippen LogP contribution is 2.50. The second kappa shape index (κ2) is 8.07. The van der Waals surface area contributed by atoms with Gasteiger partial charge >= 0.3 is 0 Å². The predicted octanol–water partition coefficient (Wildman–Crippen LogP) is 5.69. The molecule has 130 valence electrons. The van der Waals surface area contributed by atoms with Crippen LogP contribution in [-0.2, 0) is 4.74 Å². The van der Waals surface area contributed by atoms with E-state index >= 15 is 0 Å². The minimum Gasteiger partial charge on any atom is -0.378 e. The summed E-state index contributed by atoms with van der Waals surface area (Å²) in [5.74, 6) is -0.0737. The van der Waals surface area contributed by atoms with E-state index in [4.69, 9.17) is 34.5 Å². The van der Waals surface area contributed by atoms with Gasteiger partial charge in [0.1, 0.15) is 0 Å². The molecule has 8 heteroatoms. The van der Waals surface area contributed by atoms with Crippen molar-refractivity contribution in [1.29, 1.82) is 0 Å². The van der Waals surface area contributed by atoms with Crippen LogP contribution in [0.3, 0.4) is 0 Å². The number of Topliss-reactive ketones (excluding diaryl/α,β-unsaturated/α-hetero) is 1. The summed E-state index contributed by atoms with van der Waals surface area (Å²) in [6, 6.07) is 5.10. The lowest BCUT2D eigenvalue weighted by atomic mass is 10.0. The van der Waals surface area contributed by atoms with Gasteiger partial charge in [-0.25, -0.2) is 4.85 Å². The number of thiophene rings is 1. The van der Waals surface area contributed by atoms with Gasteiger partial charge in [0.2, 0.25) is 5.69 Å². The summed E-state index contributed by atoms with van der Waals surface area (Å²) in [6.45, 7) is 10.3. The Bertz CT molecular complexity index is 857. The van der Waals surface area contributed by atoms with Gasteiger partial charge in [-0.15, -0.1) is 11.3 Å². The lowest BCUT2D eigenvalue weighted by molar-refractivity contribution is 0.102. The summed E-state index contributed by atoms with van der Waals surface area (Å²) < 4.78 is 5.39. The van der Waals surface area contributed by atoms with E-state index in [0.29, 0.717) is 58.0 Å². The molecule has 1 aliphatic heterocycles. The van der Waals surface area contributed by atoms with E-state index in [1.807, 2.05) is 0 Å². The summed E-state index contributed by atoms with van der Waals surface area (Å²) >= 11 is 16.9. The van der Waals surface area contributed by atoms with Crippen molar-refractivity contribution in [3.8, 4) is 11.1 Å². The number of carbonyl (C=O) groups is 1. The van der Waals surface area contributed by atoms with Crippen LogP contribution in [0.5, 0.6) is 0 Å². The molecule has 0 spiro atoms. The van der Waals surface area contributed by atoms with Crippen LogP contribution in [0.1, 0.15) is 9.67 Å². The van der Waals surface area contributed by atoms with Crippen molar-refractivity contribution in [3.63, 3.8) is 0 Å². The first kappa shape index (κ1) is 18.7. The highest BCUT2D eigenvalue weighted by atomic mass is 79.9. The lowest BCUT2D eigenvalue weighted by Gasteiger charge is -2.28. The van der Waals surface area contributed by atoms with Gasteiger partial charge in [0.25, 0.3) is 0 Å². The first-order chi connectivity index (χ1) is 12.1. The number of benzene rings is 1. The monoisotopic (exact) mass is 458 g/mol. The highest BCUT2D eigenvalue weighted by molar-refractivity contribution is 9.09. The van der Waals surface area contributed by atoms with Crippen LogP contribution >= 0.6 is 50.5 Å². The van der Waals surface area contributed by atoms with Gasteiger partial charge in [0.05, 0.1) is 35.0 Å². The Balaban J connectivity index is 2.22. The van der Waals surface area contributed by atoms with Crippen LogP contribution in [0.4, 0.5) is 10.7 Å². The van der Waals surface area contributed by atoms with Gasteiger partial charge in [0.15, 0.2) is 5.78 Å². The molecule has 4 nitrogen and oxygen atoms in total. The van der Waals surface area contributed by atoms with Crippen LogP contribution in [0.15, 0.2) is 18.2 Å². The average molecular weight is 460 g/mol. The first-order valence-corrected chi connectivity index (χ1v) is 10.2. The molecule has 1 saturated heterocycles. The van der Waals surface area contributed by atoms with E-state index in [1.165, 1.54) is 11.3 Å². The molecule has 0 amide bonds. The third-order valence-corrected chi connectivity index (χ3v) is 6.19. The number of hydrogen-bond donors (Lipinski definition) is 0. The molecular weight excluding hydrogens is 447 g/mol. The van der Waals surface area contributed by atoms with Gasteiger partial charge < -0.3 is 9.64 Å². The van der Waals surface area contributed by atoms with Crippen molar-refractivity contribution >= 4 is 66.9 Å². The molecule has 0 N–H and O–H groups in total. The molecule has 2 aromatic rings. The van der Waals surface area contributed by atoms with Crippen molar-refractivity contribution in [3.05, 3.63) is 44.5 Å². The van der Waals surface area contributed by atoms with Gasteiger partial charge in [-0.05, 0) is 17.7 Å². The van der Waals surface area contributed by atoms with E-state index in [0.717, 1.165) is 5.00 Å². The number of halogens is 3. The third kappa shape index (κ3) is 3.71. The fourth-order valence-corrected chi connectivity index (χ4v) is 4.91. The number of nitrogens with zero attached hydrogens (tertiary/aromatic N) is 2. The Kier molecular flexibility index (Phi) is 6.03. The summed E-state index contributed by atoms with van der Waals surface area (Å²) in [7, 11) is 0. The van der Waals surface area contributed by atoms with Crippen molar-refractivity contribution in [2.75, 3.05) is 36.5 Å². The van der Waals surface area contributed by atoms with Crippen molar-refractivity contribution in [2.24, 2.45) is 0 Å². The molecule has 3 rings (SSSR count). The van der Waals surface area contributed by atoms with Gasteiger partial charge in [-0.1, -0.05) is 45.2 Å². The Labute approximate surface area is 168 Å². The van der Waals surface area contributed by atoms with E-state index in [1.54, 1.807) is 18.2 Å². The third-order valence-electron chi connectivity index (χ3n) is 3.85. The number of alkyl halides is 1. The van der Waals surface area contributed by atoms with E-state index in [-0.39, 0.29) is 11.1 Å². The fourth-order valence-electron chi connectivity index (χ4n) is 2.69. The van der Waals surface area contributed by atoms with Crippen LogP contribution in [-0.4, -0.2) is 37.4 Å². The molecule has 0 aliphatic carbocycles. The standard InChI is InChI=1S/C17H13BrCl2N2O2S/c1-21-15-14(11-3-2-10(19)8-12(11)20)16(13(23)9-18)25-17(15)22-4-6-24-7-5-22/h2-3,8H,4-7,9H2. The summed E-state index contributed by atoms with van der Waals surface area (Å²) in [6.07, 6.45) is 0.